The third-order valence-electron chi connectivity index (χ3n) is 4.81. The maximum atomic E-state index is 13.4. The van der Waals surface area contributed by atoms with E-state index in [4.69, 9.17) is 4.74 Å². The fourth-order valence-electron chi connectivity index (χ4n) is 3.53. The zero-order chi connectivity index (χ0) is 21.2. The molecule has 0 bridgehead atoms. The van der Waals surface area contributed by atoms with Gasteiger partial charge in [-0.05, 0) is 33.6 Å². The zero-order valence-electron chi connectivity index (χ0n) is 16.5. The number of ether oxygens (including phenoxy) is 1. The molecule has 2 N–H and O–H groups in total. The molecule has 0 aliphatic carbocycles. The Kier molecular flexibility index (Phi) is 6.39. The summed E-state index contributed by atoms with van der Waals surface area (Å²) in [6.45, 7) is 5.39. The summed E-state index contributed by atoms with van der Waals surface area (Å²) in [7, 11) is -3.99. The van der Waals surface area contributed by atoms with E-state index in [9.17, 15) is 18.0 Å². The average molecular weight is 441 g/mol. The van der Waals surface area contributed by atoms with Crippen molar-refractivity contribution in [2.45, 2.75) is 38.5 Å². The molecule has 2 aromatic rings. The molecule has 9 nitrogen and oxygen atoms in total. The molecule has 1 atom stereocenters. The van der Waals surface area contributed by atoms with Crippen LogP contribution in [0, 0.1) is 19.8 Å². The first-order valence-corrected chi connectivity index (χ1v) is 11.6. The van der Waals surface area contributed by atoms with Crippen LogP contribution in [0.1, 0.15) is 41.5 Å². The third-order valence-corrected chi connectivity index (χ3v) is 7.54. The van der Waals surface area contributed by atoms with Crippen LogP contribution in [0.5, 0.6) is 0 Å². The van der Waals surface area contributed by atoms with E-state index in [1.165, 1.54) is 15.6 Å². The maximum absolute atomic E-state index is 13.4. The second-order valence-corrected chi connectivity index (χ2v) is 9.60. The number of nitrogens with zero attached hydrogens (tertiary/aromatic N) is 2. The smallest absolute Gasteiger partial charge is 0.341 e. The largest absolute Gasteiger partial charge is 0.462 e. The SMILES string of the molecule is CCOC(=O)c1c(C)[nH]c(C)c1S(=O)(=O)N1CCCC(C(=O)Nc2nccs2)C1. The molecule has 3 rings (SSSR count). The van der Waals surface area contributed by atoms with E-state index in [0.29, 0.717) is 29.4 Å². The van der Waals surface area contributed by atoms with E-state index in [1.807, 2.05) is 0 Å². The predicted molar refractivity (Wildman–Crippen MR) is 108 cm³/mol. The molecule has 0 aromatic carbocycles. The van der Waals surface area contributed by atoms with Gasteiger partial charge in [-0.1, -0.05) is 0 Å². The fourth-order valence-corrected chi connectivity index (χ4v) is 5.99. The van der Waals surface area contributed by atoms with Crippen LogP contribution in [0.2, 0.25) is 0 Å². The number of hydrogen-bond acceptors (Lipinski definition) is 7. The number of anilines is 1. The van der Waals surface area contributed by atoms with Crippen molar-refractivity contribution in [2.75, 3.05) is 25.0 Å². The summed E-state index contributed by atoms with van der Waals surface area (Å²) in [5.74, 6) is -1.43. The number of sulfonamides is 1. The van der Waals surface area contributed by atoms with Crippen LogP contribution in [-0.2, 0) is 19.6 Å². The van der Waals surface area contributed by atoms with Gasteiger partial charge in [-0.3, -0.25) is 4.79 Å². The van der Waals surface area contributed by atoms with Gasteiger partial charge in [0.1, 0.15) is 10.5 Å². The maximum Gasteiger partial charge on any atom is 0.341 e. The Hall–Kier alpha value is -2.24. The van der Waals surface area contributed by atoms with E-state index >= 15 is 0 Å². The number of carbonyl (C=O) groups is 2. The number of thiazole rings is 1. The van der Waals surface area contributed by atoms with Crippen LogP contribution in [0.15, 0.2) is 16.5 Å². The van der Waals surface area contributed by atoms with Gasteiger partial charge in [0, 0.05) is 36.1 Å². The minimum absolute atomic E-state index is 0.0266. The van der Waals surface area contributed by atoms with Crippen LogP contribution in [0.25, 0.3) is 0 Å². The molecule has 3 heterocycles. The van der Waals surface area contributed by atoms with Crippen molar-refractivity contribution < 1.29 is 22.7 Å². The van der Waals surface area contributed by atoms with Gasteiger partial charge >= 0.3 is 5.97 Å². The molecular weight excluding hydrogens is 416 g/mol. The van der Waals surface area contributed by atoms with E-state index in [2.05, 4.69) is 15.3 Å². The summed E-state index contributed by atoms with van der Waals surface area (Å²) in [6, 6.07) is 0. The van der Waals surface area contributed by atoms with Crippen molar-refractivity contribution in [2.24, 2.45) is 5.92 Å². The van der Waals surface area contributed by atoms with E-state index < -0.39 is 21.9 Å². The molecule has 1 unspecified atom stereocenters. The fraction of sp³-hybridized carbons (Fsp3) is 0.500. The molecule has 2 aromatic heterocycles. The Morgan fingerprint density at radius 2 is 2.14 bits per heavy atom. The highest BCUT2D eigenvalue weighted by Crippen LogP contribution is 2.31. The Morgan fingerprint density at radius 1 is 1.38 bits per heavy atom. The van der Waals surface area contributed by atoms with Crippen LogP contribution in [-0.4, -0.2) is 54.3 Å². The molecule has 0 spiro atoms. The first-order valence-electron chi connectivity index (χ1n) is 9.32. The van der Waals surface area contributed by atoms with Crippen molar-refractivity contribution in [1.29, 1.82) is 0 Å². The topological polar surface area (TPSA) is 121 Å². The van der Waals surface area contributed by atoms with E-state index in [1.54, 1.807) is 32.3 Å². The molecule has 1 fully saturated rings. The number of hydrogen-bond donors (Lipinski definition) is 2. The lowest BCUT2D eigenvalue weighted by Crippen LogP contribution is -2.44. The minimum atomic E-state index is -3.99. The third kappa shape index (κ3) is 4.36. The molecule has 1 amide bonds. The summed E-state index contributed by atoms with van der Waals surface area (Å²) >= 11 is 1.30. The van der Waals surface area contributed by atoms with Crippen molar-refractivity contribution in [3.05, 3.63) is 28.5 Å². The first kappa shape index (κ1) is 21.5. The number of carbonyl (C=O) groups excluding carboxylic acids is 2. The Balaban J connectivity index is 1.86. The number of rotatable bonds is 6. The van der Waals surface area contributed by atoms with E-state index in [-0.39, 0.29) is 36.1 Å². The van der Waals surface area contributed by atoms with Crippen molar-refractivity contribution in [3.8, 4) is 0 Å². The summed E-state index contributed by atoms with van der Waals surface area (Å²) in [6.07, 6.45) is 2.72. The number of amides is 1. The summed E-state index contributed by atoms with van der Waals surface area (Å²) in [4.78, 5) is 31.8. The van der Waals surface area contributed by atoms with Gasteiger partial charge in [-0.2, -0.15) is 4.31 Å². The van der Waals surface area contributed by atoms with Gasteiger partial charge in [-0.15, -0.1) is 11.3 Å². The van der Waals surface area contributed by atoms with Crippen molar-refractivity contribution in [3.63, 3.8) is 0 Å². The minimum Gasteiger partial charge on any atom is -0.462 e. The molecule has 1 saturated heterocycles. The highest BCUT2D eigenvalue weighted by Gasteiger charge is 2.38. The number of aromatic nitrogens is 2. The van der Waals surface area contributed by atoms with Crippen LogP contribution >= 0.6 is 11.3 Å². The van der Waals surface area contributed by atoms with Crippen LogP contribution < -0.4 is 5.32 Å². The Morgan fingerprint density at radius 3 is 2.79 bits per heavy atom. The second kappa shape index (κ2) is 8.64. The van der Waals surface area contributed by atoms with Crippen molar-refractivity contribution in [1.82, 2.24) is 14.3 Å². The number of esters is 1. The second-order valence-electron chi connectivity index (χ2n) is 6.83. The van der Waals surface area contributed by atoms with E-state index in [0.717, 1.165) is 0 Å². The lowest BCUT2D eigenvalue weighted by Gasteiger charge is -2.31. The van der Waals surface area contributed by atoms with Gasteiger partial charge < -0.3 is 15.0 Å². The van der Waals surface area contributed by atoms with Gasteiger partial charge in [0.05, 0.1) is 12.5 Å². The molecule has 29 heavy (non-hydrogen) atoms. The lowest BCUT2D eigenvalue weighted by molar-refractivity contribution is -0.120. The molecule has 158 valence electrons. The zero-order valence-corrected chi connectivity index (χ0v) is 18.2. The lowest BCUT2D eigenvalue weighted by atomic mass is 9.99. The highest BCUT2D eigenvalue weighted by atomic mass is 32.2. The summed E-state index contributed by atoms with van der Waals surface area (Å²) < 4.78 is 33.1. The normalized spacial score (nSPS) is 17.8. The van der Waals surface area contributed by atoms with Crippen molar-refractivity contribution >= 4 is 38.4 Å². The molecule has 11 heteroatoms. The number of aryl methyl sites for hydroxylation is 2. The number of nitrogens with one attached hydrogen (secondary N) is 2. The van der Waals surface area contributed by atoms with Gasteiger partial charge in [0.15, 0.2) is 5.13 Å². The number of piperidine rings is 1. The molecule has 1 aliphatic rings. The average Bonchev–Trinajstić information content (AvgIpc) is 3.29. The number of aromatic amines is 1. The molecule has 0 saturated carbocycles. The monoisotopic (exact) mass is 440 g/mol. The Labute approximate surface area is 173 Å². The van der Waals surface area contributed by atoms with Gasteiger partial charge in [0.25, 0.3) is 0 Å². The first-order chi connectivity index (χ1) is 13.8. The van der Waals surface area contributed by atoms with Gasteiger partial charge in [0.2, 0.25) is 15.9 Å². The number of H-pyrrole nitrogens is 1. The quantitative estimate of drug-likeness (QED) is 0.665. The standard InChI is InChI=1S/C18H24N4O5S2/c1-4-27-17(24)14-11(2)20-12(3)15(14)29(25,26)22-8-5-6-13(10-22)16(23)21-18-19-7-9-28-18/h7,9,13,20H,4-6,8,10H2,1-3H3,(H,19,21,23). The molecule has 1 aliphatic heterocycles. The summed E-state index contributed by atoms with van der Waals surface area (Å²) in [5, 5.41) is 4.97. The predicted octanol–water partition coefficient (Wildman–Crippen LogP) is 2.30. The highest BCUT2D eigenvalue weighted by molar-refractivity contribution is 7.89. The Bertz CT molecular complexity index is 998. The van der Waals surface area contributed by atoms with Crippen LogP contribution in [0.4, 0.5) is 5.13 Å². The summed E-state index contributed by atoms with van der Waals surface area (Å²) in [5.41, 5.74) is 0.841. The molecule has 0 radical (unpaired) electrons. The van der Waals surface area contributed by atoms with Crippen LogP contribution in [0.3, 0.4) is 0 Å². The molecular formula is C18H24N4O5S2. The van der Waals surface area contributed by atoms with Gasteiger partial charge in [-0.25, -0.2) is 18.2 Å².